The summed E-state index contributed by atoms with van der Waals surface area (Å²) in [4.78, 5) is 22.4. The minimum atomic E-state index is -0.722. The predicted octanol–water partition coefficient (Wildman–Crippen LogP) is 34.7. The van der Waals surface area contributed by atoms with Crippen LogP contribution in [0.4, 0.5) is 0 Å². The Hall–Kier alpha value is -4.11. The molecule has 0 fully saturated rings. The highest BCUT2D eigenvalue weighted by Crippen LogP contribution is 2.41. The van der Waals surface area contributed by atoms with Crippen LogP contribution in [0.25, 0.3) is 5.57 Å². The molecule has 9 heteroatoms. The molecule has 0 spiro atoms. The molecule has 0 heterocycles. The Labute approximate surface area is 728 Å². The summed E-state index contributed by atoms with van der Waals surface area (Å²) < 4.78 is 26.2. The van der Waals surface area contributed by atoms with Crippen LogP contribution in [-0.4, -0.2) is 60.6 Å². The number of hydrogen-bond donors (Lipinski definition) is 2. The number of carboxylic acids is 2. The van der Waals surface area contributed by atoms with Crippen molar-refractivity contribution in [2.24, 2.45) is 11.8 Å². The molecule has 3 unspecified atom stereocenters. The molecule has 8 nitrogen and oxygen atoms in total. The highest BCUT2D eigenvalue weighted by Gasteiger charge is 2.23. The topological polar surface area (TPSA) is 112 Å². The van der Waals surface area contributed by atoms with E-state index in [2.05, 4.69) is 97.2 Å². The fourth-order valence-electron chi connectivity index (χ4n) is 16.5. The molecular formula is C108H191O8S+. The molecule has 0 radical (unpaired) electrons. The quantitative estimate of drug-likeness (QED) is 0.0425. The molecule has 1 aliphatic carbocycles. The van der Waals surface area contributed by atoms with E-state index in [0.717, 1.165) is 73.2 Å². The van der Waals surface area contributed by atoms with Crippen molar-refractivity contribution in [2.45, 2.75) is 505 Å². The highest BCUT2D eigenvalue weighted by molar-refractivity contribution is 7.95. The van der Waals surface area contributed by atoms with Crippen LogP contribution >= 0.6 is 0 Å². The third-order valence-electron chi connectivity index (χ3n) is 24.8. The van der Waals surface area contributed by atoms with E-state index >= 15 is 0 Å². The van der Waals surface area contributed by atoms with Gasteiger partial charge in [-0.3, -0.25) is 9.59 Å². The van der Waals surface area contributed by atoms with Gasteiger partial charge < -0.3 is 29.2 Å². The van der Waals surface area contributed by atoms with Gasteiger partial charge in [0.25, 0.3) is 0 Å². The third-order valence-corrected chi connectivity index (χ3v) is 26.6. The van der Waals surface area contributed by atoms with Crippen LogP contribution in [0.3, 0.4) is 0 Å². The average Bonchev–Trinajstić information content (AvgIpc) is 1.15. The number of ether oxygens (including phenoxy) is 4. The number of carbonyl (C=O) groups is 2. The van der Waals surface area contributed by atoms with E-state index in [1.807, 2.05) is 19.1 Å². The molecule has 1 aliphatic rings. The fourth-order valence-corrected chi connectivity index (χ4v) is 18.1. The number of carboxylic acid groups (broad SMARTS) is 2. The van der Waals surface area contributed by atoms with Crippen molar-refractivity contribution in [1.82, 2.24) is 0 Å². The van der Waals surface area contributed by atoms with Gasteiger partial charge in [-0.05, 0) is 121 Å². The monoisotopic (exact) mass is 1650 g/mol. The Bertz CT molecular complexity index is 2690. The lowest BCUT2D eigenvalue weighted by Gasteiger charge is -2.19. The summed E-state index contributed by atoms with van der Waals surface area (Å²) in [5, 5.41) is 18.4. The maximum atomic E-state index is 11.6. The Balaban J connectivity index is 0.000000844. The van der Waals surface area contributed by atoms with Crippen LogP contribution in [0, 0.1) is 25.7 Å². The number of benzene rings is 3. The first-order valence-corrected chi connectivity index (χ1v) is 52.9. The molecule has 2 N–H and O–H groups in total. The molecule has 0 saturated heterocycles. The van der Waals surface area contributed by atoms with Gasteiger partial charge in [0.2, 0.25) is 5.75 Å². The molecule has 0 amide bonds. The van der Waals surface area contributed by atoms with Crippen molar-refractivity contribution in [2.75, 3.05) is 38.4 Å². The van der Waals surface area contributed by atoms with Crippen LogP contribution < -0.4 is 18.9 Å². The second-order valence-electron chi connectivity index (χ2n) is 36.1. The second-order valence-corrected chi connectivity index (χ2v) is 38.4. The third kappa shape index (κ3) is 62.6. The molecule has 0 aliphatic heterocycles. The van der Waals surface area contributed by atoms with Crippen LogP contribution in [0.1, 0.15) is 506 Å². The maximum Gasteiger partial charge on any atom is 0.306 e. The van der Waals surface area contributed by atoms with E-state index in [-0.39, 0.29) is 22.7 Å². The van der Waals surface area contributed by atoms with Crippen molar-refractivity contribution < 1.29 is 38.7 Å². The Morgan fingerprint density at radius 2 is 0.641 bits per heavy atom. The van der Waals surface area contributed by atoms with E-state index in [4.69, 9.17) is 24.1 Å². The number of hydrogen-bond acceptors (Lipinski definition) is 6. The molecule has 4 rings (SSSR count). The number of unbranched alkanes of at least 4 members (excludes halogenated alkanes) is 60. The van der Waals surface area contributed by atoms with E-state index in [1.165, 1.54) is 431 Å². The lowest BCUT2D eigenvalue weighted by molar-refractivity contribution is -0.142. The van der Waals surface area contributed by atoms with Crippen molar-refractivity contribution in [3.8, 4) is 23.0 Å². The zero-order valence-corrected chi connectivity index (χ0v) is 79.7. The maximum absolute atomic E-state index is 11.6. The van der Waals surface area contributed by atoms with Crippen LogP contribution in [0.2, 0.25) is 0 Å². The minimum absolute atomic E-state index is 0.0502. The van der Waals surface area contributed by atoms with Gasteiger partial charge in [0.1, 0.15) is 17.3 Å². The molecule has 676 valence electrons. The molecule has 117 heavy (non-hydrogen) atoms. The van der Waals surface area contributed by atoms with Crippen molar-refractivity contribution in [3.63, 3.8) is 0 Å². The molecule has 0 aromatic heterocycles. The normalized spacial score (nSPS) is 12.5. The van der Waals surface area contributed by atoms with Gasteiger partial charge in [-0.15, -0.1) is 0 Å². The Morgan fingerprint density at radius 1 is 0.359 bits per heavy atom. The summed E-state index contributed by atoms with van der Waals surface area (Å²) in [5.41, 5.74) is 8.98. The van der Waals surface area contributed by atoms with Gasteiger partial charge in [-0.1, -0.05) is 470 Å². The molecule has 0 saturated carbocycles. The number of rotatable bonds is 82. The zero-order chi connectivity index (χ0) is 84.8. The van der Waals surface area contributed by atoms with E-state index in [9.17, 15) is 14.7 Å². The first-order valence-electron chi connectivity index (χ1n) is 50.9. The van der Waals surface area contributed by atoms with Gasteiger partial charge in [0, 0.05) is 12.0 Å². The molecule has 0 bridgehead atoms. The predicted molar refractivity (Wildman–Crippen MR) is 515 cm³/mol. The molecular weight excluding hydrogens is 1460 g/mol. The second kappa shape index (κ2) is 80.3. The van der Waals surface area contributed by atoms with E-state index < -0.39 is 11.9 Å². The van der Waals surface area contributed by atoms with Gasteiger partial charge >= 0.3 is 11.9 Å². The van der Waals surface area contributed by atoms with Crippen LogP contribution in [0.15, 0.2) is 54.6 Å². The summed E-state index contributed by atoms with van der Waals surface area (Å²) >= 11 is 0. The number of aryl methyl sites for hydroxylation is 2. The number of allylic oxidation sites excluding steroid dienone is 2. The smallest absolute Gasteiger partial charge is 0.306 e. The molecule has 3 aromatic rings. The molecule has 3 atom stereocenters. The van der Waals surface area contributed by atoms with Crippen molar-refractivity contribution in [1.29, 1.82) is 0 Å². The summed E-state index contributed by atoms with van der Waals surface area (Å²) in [6.07, 6.45) is 95.7. The number of fused-ring (bicyclic) bond motifs is 1. The van der Waals surface area contributed by atoms with Gasteiger partial charge in [-0.25, -0.2) is 0 Å². The zero-order valence-electron chi connectivity index (χ0n) is 78.9. The fraction of sp³-hybridized carbons (Fsp3) is 0.796. The first-order chi connectivity index (χ1) is 57.3. The first kappa shape index (κ1) is 109. The SMILES string of the molecule is CC(CC1=CCc2ccccc21)C(=O)O.CCCCCCCCCCCCCCCCCCOc1cc(CC)cc(C)c1C.CCCCCCCCCCCCCCCCCCOc1cc(C[S+](C)CCC(C)C(=O)O)cc(OCCCCCCCCCCCCCCCCCC)c1OCCCCCCCCCCCCCCCCCC. The van der Waals surface area contributed by atoms with Gasteiger partial charge in [-0.2, -0.15) is 0 Å². The Morgan fingerprint density at radius 3 is 0.949 bits per heavy atom. The number of aliphatic carboxylic acids is 2. The van der Waals surface area contributed by atoms with Crippen LogP contribution in [-0.2, 0) is 39.1 Å². The van der Waals surface area contributed by atoms with Crippen molar-refractivity contribution in [3.05, 3.63) is 88.0 Å². The lowest BCUT2D eigenvalue weighted by atomic mass is 9.97. The Kier molecular flexibility index (Phi) is 74.8. The standard InChI is InChI=1S/C67H126O5S.C28H50O.C13H14O2/c1-6-9-12-15-18-21-24-27-30-33-36-39-42-45-48-51-55-70-64-59-63(61-73(5)58-54-62(4)67(68)69)60-65(71-56-52-49-46-43-40-37-34-31-28-25-22-19-16-13-10-7-2)66(64)72-57-53-50-47-44-41-38-35-32-29-26-23-20-17-14-11-8-3;1-5-7-8-9-10-11-12-13-14-15-16-17-18-19-20-21-22-29-28-24-27(6-2)23-25(3)26(28)4;1-9(13(14)15)8-11-7-6-10-4-2-3-5-12(10)11/h59-60,62H,6-58,61H2,1-5H3;23-24H,5-22H2,1-4H3;2-5,7,9H,6,8H2,1H3,(H,14,15)/p+1. The van der Waals surface area contributed by atoms with Crippen LogP contribution in [0.5, 0.6) is 23.0 Å². The lowest BCUT2D eigenvalue weighted by Crippen LogP contribution is -2.16. The minimum Gasteiger partial charge on any atom is -0.493 e. The van der Waals surface area contributed by atoms with Gasteiger partial charge in [0.05, 0.1) is 44.5 Å². The summed E-state index contributed by atoms with van der Waals surface area (Å²) in [6.45, 7) is 22.3. The van der Waals surface area contributed by atoms with E-state index in [0.29, 0.717) is 32.7 Å². The largest absolute Gasteiger partial charge is 0.493 e. The van der Waals surface area contributed by atoms with E-state index in [1.54, 1.807) is 6.92 Å². The highest BCUT2D eigenvalue weighted by atomic mass is 32.2. The summed E-state index contributed by atoms with van der Waals surface area (Å²) in [5.74, 6) is 3.36. The van der Waals surface area contributed by atoms with Gasteiger partial charge in [0.15, 0.2) is 11.5 Å². The van der Waals surface area contributed by atoms with Crippen molar-refractivity contribution >= 4 is 28.4 Å². The molecule has 3 aromatic carbocycles. The average molecular weight is 1650 g/mol. The summed E-state index contributed by atoms with van der Waals surface area (Å²) in [7, 11) is 0.0502. The summed E-state index contributed by atoms with van der Waals surface area (Å²) in [6, 6.07) is 17.2.